The molecule has 0 bridgehead atoms. The minimum Gasteiger partial charge on any atom is -0.497 e. The van der Waals surface area contributed by atoms with E-state index in [2.05, 4.69) is 67.0 Å². The van der Waals surface area contributed by atoms with E-state index in [0.29, 0.717) is 0 Å². The van der Waals surface area contributed by atoms with E-state index < -0.39 is 0 Å². The fourth-order valence-electron chi connectivity index (χ4n) is 2.30. The lowest BCUT2D eigenvalue weighted by atomic mass is 9.95. The summed E-state index contributed by atoms with van der Waals surface area (Å²) in [7, 11) is 1.69. The highest BCUT2D eigenvalue weighted by Crippen LogP contribution is 2.44. The summed E-state index contributed by atoms with van der Waals surface area (Å²) >= 11 is 7.43. The molecule has 0 aliphatic rings. The Morgan fingerprint density at radius 3 is 2.17 bits per heavy atom. The van der Waals surface area contributed by atoms with Crippen LogP contribution in [0.2, 0.25) is 0 Å². The van der Waals surface area contributed by atoms with Gasteiger partial charge in [-0.2, -0.15) is 0 Å². The largest absolute Gasteiger partial charge is 0.497 e. The molecule has 0 unspecified atom stereocenters. The lowest BCUT2D eigenvalue weighted by Gasteiger charge is -2.15. The van der Waals surface area contributed by atoms with Gasteiger partial charge in [-0.3, -0.25) is 0 Å². The molecule has 3 aromatic rings. The maximum Gasteiger partial charge on any atom is 0.118 e. The van der Waals surface area contributed by atoms with Crippen molar-refractivity contribution in [2.75, 3.05) is 7.11 Å². The molecule has 0 N–H and O–H groups in total. The van der Waals surface area contributed by atoms with Gasteiger partial charge in [0.15, 0.2) is 0 Å². The summed E-state index contributed by atoms with van der Waals surface area (Å²) in [6.45, 7) is 6.78. The van der Waals surface area contributed by atoms with Gasteiger partial charge in [0.2, 0.25) is 0 Å². The van der Waals surface area contributed by atoms with Crippen LogP contribution in [0.4, 0.5) is 0 Å². The third kappa shape index (κ3) is 3.54. The maximum atomic E-state index is 5.24. The van der Waals surface area contributed by atoms with Crippen molar-refractivity contribution in [3.63, 3.8) is 0 Å². The Labute approximate surface area is 154 Å². The monoisotopic (exact) mass is 406 g/mol. The van der Waals surface area contributed by atoms with Gasteiger partial charge >= 0.3 is 0 Å². The predicted octanol–water partition coefficient (Wildman–Crippen LogP) is 7.21. The SMILES string of the molecule is COc1ccc(-c2sc(-c3ccc(C(C)(C)C)s3)cc2Br)cc1. The first kappa shape index (κ1) is 16.7. The summed E-state index contributed by atoms with van der Waals surface area (Å²) < 4.78 is 6.38. The van der Waals surface area contributed by atoms with E-state index in [-0.39, 0.29) is 5.41 Å². The molecule has 2 heterocycles. The Balaban J connectivity index is 1.95. The van der Waals surface area contributed by atoms with Crippen molar-refractivity contribution in [1.29, 1.82) is 0 Å². The number of hydrogen-bond donors (Lipinski definition) is 0. The standard InChI is InChI=1S/C19H19BrOS2/c1-19(2,3)17-10-9-15(22-17)16-11-14(20)18(23-16)12-5-7-13(21-4)8-6-12/h5-11H,1-4H3. The summed E-state index contributed by atoms with van der Waals surface area (Å²) in [4.78, 5) is 5.32. The molecular formula is C19H19BrOS2. The van der Waals surface area contributed by atoms with Crippen LogP contribution in [0.3, 0.4) is 0 Å². The van der Waals surface area contributed by atoms with Crippen LogP contribution in [0.5, 0.6) is 5.75 Å². The van der Waals surface area contributed by atoms with Crippen LogP contribution in [0.1, 0.15) is 25.6 Å². The van der Waals surface area contributed by atoms with Gasteiger partial charge in [0.25, 0.3) is 0 Å². The molecule has 120 valence electrons. The number of halogens is 1. The van der Waals surface area contributed by atoms with Gasteiger partial charge in [-0.15, -0.1) is 22.7 Å². The zero-order chi connectivity index (χ0) is 16.6. The van der Waals surface area contributed by atoms with Crippen molar-refractivity contribution in [3.8, 4) is 25.9 Å². The molecule has 0 aliphatic carbocycles. The molecule has 0 saturated carbocycles. The van der Waals surface area contributed by atoms with Crippen LogP contribution < -0.4 is 4.74 Å². The highest BCUT2D eigenvalue weighted by atomic mass is 79.9. The van der Waals surface area contributed by atoms with Crippen LogP contribution in [-0.4, -0.2) is 7.11 Å². The molecule has 0 fully saturated rings. The topological polar surface area (TPSA) is 9.23 Å². The van der Waals surface area contributed by atoms with Crippen molar-refractivity contribution in [1.82, 2.24) is 0 Å². The van der Waals surface area contributed by atoms with Gasteiger partial charge < -0.3 is 4.74 Å². The zero-order valence-corrected chi connectivity index (χ0v) is 16.9. The predicted molar refractivity (Wildman–Crippen MR) is 106 cm³/mol. The van der Waals surface area contributed by atoms with Crippen LogP contribution >= 0.6 is 38.6 Å². The number of methoxy groups -OCH3 is 1. The third-order valence-electron chi connectivity index (χ3n) is 3.63. The summed E-state index contributed by atoms with van der Waals surface area (Å²) in [5, 5.41) is 0. The van der Waals surface area contributed by atoms with Crippen molar-refractivity contribution in [3.05, 3.63) is 51.8 Å². The lowest BCUT2D eigenvalue weighted by molar-refractivity contribution is 0.415. The van der Waals surface area contributed by atoms with E-state index in [1.165, 1.54) is 25.1 Å². The Morgan fingerprint density at radius 2 is 1.61 bits per heavy atom. The van der Waals surface area contributed by atoms with E-state index in [1.54, 1.807) is 7.11 Å². The normalized spacial score (nSPS) is 11.7. The second-order valence-corrected chi connectivity index (χ2v) is 9.42. The minimum absolute atomic E-state index is 0.205. The maximum absolute atomic E-state index is 5.24. The first-order chi connectivity index (χ1) is 10.9. The zero-order valence-electron chi connectivity index (χ0n) is 13.6. The van der Waals surface area contributed by atoms with E-state index >= 15 is 0 Å². The third-order valence-corrected chi connectivity index (χ3v) is 7.41. The lowest BCUT2D eigenvalue weighted by Crippen LogP contribution is -2.07. The molecule has 0 aliphatic heterocycles. The van der Waals surface area contributed by atoms with Gasteiger partial charge in [0, 0.05) is 24.0 Å². The second kappa shape index (κ2) is 6.42. The average Bonchev–Trinajstić information content (AvgIpc) is 3.13. The summed E-state index contributed by atoms with van der Waals surface area (Å²) in [6.07, 6.45) is 0. The van der Waals surface area contributed by atoms with Crippen molar-refractivity contribution in [2.24, 2.45) is 0 Å². The van der Waals surface area contributed by atoms with E-state index in [9.17, 15) is 0 Å². The highest BCUT2D eigenvalue weighted by molar-refractivity contribution is 9.10. The Hall–Kier alpha value is -1.10. The number of benzene rings is 1. The van der Waals surface area contributed by atoms with Gasteiger partial charge in [-0.1, -0.05) is 20.8 Å². The van der Waals surface area contributed by atoms with Gasteiger partial charge in [-0.25, -0.2) is 0 Å². The number of rotatable bonds is 3. The fourth-order valence-corrected chi connectivity index (χ4v) is 5.36. The van der Waals surface area contributed by atoms with E-state index in [0.717, 1.165) is 10.2 Å². The molecule has 1 aromatic carbocycles. The molecule has 3 rings (SSSR count). The molecule has 0 amide bonds. The number of thiophene rings is 2. The van der Waals surface area contributed by atoms with Crippen LogP contribution in [-0.2, 0) is 5.41 Å². The minimum atomic E-state index is 0.205. The van der Waals surface area contributed by atoms with Crippen LogP contribution in [0.15, 0.2) is 46.9 Å². The van der Waals surface area contributed by atoms with E-state index in [4.69, 9.17) is 4.74 Å². The van der Waals surface area contributed by atoms with E-state index in [1.807, 2.05) is 34.8 Å². The average molecular weight is 407 g/mol. The quantitative estimate of drug-likeness (QED) is 0.446. The summed E-state index contributed by atoms with van der Waals surface area (Å²) in [5.41, 5.74) is 1.41. The molecular weight excluding hydrogens is 388 g/mol. The molecule has 0 spiro atoms. The summed E-state index contributed by atoms with van der Waals surface area (Å²) in [5.74, 6) is 0.884. The van der Waals surface area contributed by atoms with Crippen molar-refractivity contribution < 1.29 is 4.74 Å². The van der Waals surface area contributed by atoms with Crippen LogP contribution in [0.25, 0.3) is 20.2 Å². The Morgan fingerprint density at radius 1 is 0.913 bits per heavy atom. The molecule has 0 saturated heterocycles. The molecule has 1 nitrogen and oxygen atoms in total. The first-order valence-corrected chi connectivity index (χ1v) is 9.85. The fraction of sp³-hybridized carbons (Fsp3) is 0.263. The molecule has 4 heteroatoms. The van der Waals surface area contributed by atoms with Crippen molar-refractivity contribution in [2.45, 2.75) is 26.2 Å². The van der Waals surface area contributed by atoms with Crippen LogP contribution in [0, 0.1) is 0 Å². The van der Waals surface area contributed by atoms with Crippen molar-refractivity contribution >= 4 is 38.6 Å². The second-order valence-electron chi connectivity index (χ2n) is 6.43. The Bertz CT molecular complexity index is 807. The highest BCUT2D eigenvalue weighted by Gasteiger charge is 2.18. The first-order valence-electron chi connectivity index (χ1n) is 7.43. The molecule has 0 atom stereocenters. The smallest absolute Gasteiger partial charge is 0.118 e. The summed E-state index contributed by atoms with van der Waals surface area (Å²) in [6, 6.07) is 14.9. The van der Waals surface area contributed by atoms with Gasteiger partial charge in [0.1, 0.15) is 5.75 Å². The molecule has 0 radical (unpaired) electrons. The number of ether oxygens (including phenoxy) is 1. The molecule has 2 aromatic heterocycles. The van der Waals surface area contributed by atoms with Gasteiger partial charge in [0.05, 0.1) is 7.11 Å². The number of hydrogen-bond acceptors (Lipinski definition) is 3. The Kier molecular flexibility index (Phi) is 4.68. The van der Waals surface area contributed by atoms with Gasteiger partial charge in [-0.05, 0) is 69.4 Å². The molecule has 23 heavy (non-hydrogen) atoms.